The van der Waals surface area contributed by atoms with Crippen LogP contribution in [0.25, 0.3) is 0 Å². The summed E-state index contributed by atoms with van der Waals surface area (Å²) in [5, 5.41) is 3.62. The van der Waals surface area contributed by atoms with Crippen molar-refractivity contribution in [1.82, 2.24) is 0 Å². The van der Waals surface area contributed by atoms with E-state index in [4.69, 9.17) is 9.47 Å². The highest BCUT2D eigenvalue weighted by atomic mass is 79.9. The molecule has 0 aliphatic rings. The van der Waals surface area contributed by atoms with Crippen molar-refractivity contribution in [1.29, 1.82) is 0 Å². The first kappa shape index (κ1) is 16.0. The third-order valence-corrected chi connectivity index (χ3v) is 3.39. The van der Waals surface area contributed by atoms with E-state index in [0.717, 1.165) is 16.8 Å². The Morgan fingerprint density at radius 3 is 2.47 bits per heavy atom. The van der Waals surface area contributed by atoms with Gasteiger partial charge in [0.15, 0.2) is 0 Å². The third-order valence-electron chi connectivity index (χ3n) is 3.06. The second kappa shape index (κ2) is 7.50. The van der Waals surface area contributed by atoms with E-state index in [9.17, 15) is 4.79 Å². The van der Waals surface area contributed by atoms with Crippen LogP contribution in [0.15, 0.2) is 24.3 Å². The van der Waals surface area contributed by atoms with Crippen molar-refractivity contribution >= 4 is 27.5 Å². The summed E-state index contributed by atoms with van der Waals surface area (Å²) in [7, 11) is 1.54. The van der Waals surface area contributed by atoms with Gasteiger partial charge in [-0.1, -0.05) is 22.9 Å². The number of ether oxygens (including phenoxy) is 2. The van der Waals surface area contributed by atoms with Crippen molar-refractivity contribution in [2.75, 3.05) is 24.4 Å². The number of benzene rings is 1. The van der Waals surface area contributed by atoms with Gasteiger partial charge >= 0.3 is 0 Å². The smallest absolute Gasteiger partial charge is 0.256 e. The molecule has 19 heavy (non-hydrogen) atoms. The molecule has 0 aliphatic heterocycles. The molecule has 0 fully saturated rings. The number of hydrogen-bond acceptors (Lipinski definition) is 3. The monoisotopic (exact) mass is 329 g/mol. The van der Waals surface area contributed by atoms with Gasteiger partial charge in [-0.15, -0.1) is 0 Å². The van der Waals surface area contributed by atoms with Gasteiger partial charge in [0.2, 0.25) is 0 Å². The van der Waals surface area contributed by atoms with Gasteiger partial charge in [-0.25, -0.2) is 0 Å². The minimum Gasteiger partial charge on any atom is -0.493 e. The minimum atomic E-state index is -0.800. The van der Waals surface area contributed by atoms with Crippen molar-refractivity contribution in [3.8, 4) is 5.75 Å². The number of hydrogen-bond donors (Lipinski definition) is 1. The second-order valence-electron chi connectivity index (χ2n) is 4.30. The van der Waals surface area contributed by atoms with E-state index in [0.29, 0.717) is 13.0 Å². The van der Waals surface area contributed by atoms with Gasteiger partial charge in [-0.05, 0) is 37.6 Å². The van der Waals surface area contributed by atoms with E-state index in [1.165, 1.54) is 0 Å². The highest BCUT2D eigenvalue weighted by molar-refractivity contribution is 9.09. The Balaban J connectivity index is 2.65. The Morgan fingerprint density at radius 2 is 2.00 bits per heavy atom. The summed E-state index contributed by atoms with van der Waals surface area (Å²) < 4.78 is 10.7. The highest BCUT2D eigenvalue weighted by Crippen LogP contribution is 2.20. The van der Waals surface area contributed by atoms with Gasteiger partial charge in [-0.3, -0.25) is 4.79 Å². The molecule has 0 heterocycles. The Hall–Kier alpha value is -1.07. The van der Waals surface area contributed by atoms with Crippen molar-refractivity contribution in [2.45, 2.75) is 25.9 Å². The molecule has 0 spiro atoms. The topological polar surface area (TPSA) is 47.6 Å². The molecule has 0 aromatic heterocycles. The van der Waals surface area contributed by atoms with Crippen LogP contribution in [0.1, 0.15) is 20.3 Å². The Labute approximate surface area is 122 Å². The summed E-state index contributed by atoms with van der Waals surface area (Å²) in [6.45, 7) is 4.30. The predicted octanol–water partition coefficient (Wildman–Crippen LogP) is 3.21. The van der Waals surface area contributed by atoms with Gasteiger partial charge in [0.1, 0.15) is 11.4 Å². The van der Waals surface area contributed by atoms with Crippen LogP contribution < -0.4 is 10.1 Å². The van der Waals surface area contributed by atoms with Crippen LogP contribution in [0, 0.1) is 0 Å². The molecule has 1 rings (SSSR count). The lowest BCUT2D eigenvalue weighted by Crippen LogP contribution is -2.41. The molecule has 1 atom stereocenters. The minimum absolute atomic E-state index is 0.147. The number of carbonyl (C=O) groups is 1. The number of carbonyl (C=O) groups excluding carboxylic acids is 1. The first-order chi connectivity index (χ1) is 9.05. The van der Waals surface area contributed by atoms with E-state index in [1.54, 1.807) is 14.0 Å². The lowest BCUT2D eigenvalue weighted by atomic mass is 10.0. The summed E-state index contributed by atoms with van der Waals surface area (Å²) in [4.78, 5) is 12.1. The van der Waals surface area contributed by atoms with Crippen LogP contribution in [0.3, 0.4) is 0 Å². The SMILES string of the molecule is CC[C@@](C)(OC)C(=O)Nc1ccc(OCCBr)cc1. The molecule has 0 unspecified atom stereocenters. The lowest BCUT2D eigenvalue weighted by molar-refractivity contribution is -0.136. The molecular formula is C14H20BrNO3. The second-order valence-corrected chi connectivity index (χ2v) is 5.10. The molecule has 1 N–H and O–H groups in total. The molecule has 106 valence electrons. The van der Waals surface area contributed by atoms with Crippen LogP contribution in [0.4, 0.5) is 5.69 Å². The maximum Gasteiger partial charge on any atom is 0.256 e. The Morgan fingerprint density at radius 1 is 1.37 bits per heavy atom. The molecular weight excluding hydrogens is 310 g/mol. The predicted molar refractivity (Wildman–Crippen MR) is 80.1 cm³/mol. The van der Waals surface area contributed by atoms with Crippen LogP contribution in [0.2, 0.25) is 0 Å². The van der Waals surface area contributed by atoms with Crippen LogP contribution in [-0.4, -0.2) is 30.6 Å². The van der Waals surface area contributed by atoms with Gasteiger partial charge in [0.25, 0.3) is 5.91 Å². The largest absolute Gasteiger partial charge is 0.493 e. The summed E-state index contributed by atoms with van der Waals surface area (Å²) in [6, 6.07) is 7.28. The van der Waals surface area contributed by atoms with Gasteiger partial charge in [0, 0.05) is 18.1 Å². The van der Waals surface area contributed by atoms with E-state index < -0.39 is 5.60 Å². The Kier molecular flexibility index (Phi) is 6.31. The lowest BCUT2D eigenvalue weighted by Gasteiger charge is -2.25. The van der Waals surface area contributed by atoms with Crippen LogP contribution in [-0.2, 0) is 9.53 Å². The average Bonchev–Trinajstić information content (AvgIpc) is 2.45. The summed E-state index contributed by atoms with van der Waals surface area (Å²) in [5.41, 5.74) is -0.0709. The number of rotatable bonds is 7. The maximum atomic E-state index is 12.1. The molecule has 0 saturated carbocycles. The van der Waals surface area contributed by atoms with Crippen LogP contribution >= 0.6 is 15.9 Å². The summed E-state index contributed by atoms with van der Waals surface area (Å²) in [5.74, 6) is 0.633. The number of alkyl halides is 1. The Bertz CT molecular complexity index is 402. The molecule has 1 aromatic rings. The molecule has 0 saturated heterocycles. The zero-order valence-electron chi connectivity index (χ0n) is 11.5. The third kappa shape index (κ3) is 4.51. The fourth-order valence-electron chi connectivity index (χ4n) is 1.45. The molecule has 1 amide bonds. The van der Waals surface area contributed by atoms with Gasteiger partial charge in [-0.2, -0.15) is 0 Å². The number of nitrogens with one attached hydrogen (secondary N) is 1. The normalized spacial score (nSPS) is 13.7. The zero-order chi connectivity index (χ0) is 14.3. The highest BCUT2D eigenvalue weighted by Gasteiger charge is 2.30. The first-order valence-corrected chi connectivity index (χ1v) is 7.33. The first-order valence-electron chi connectivity index (χ1n) is 6.21. The molecule has 5 heteroatoms. The standard InChI is InChI=1S/C14H20BrNO3/c1-4-14(2,18-3)13(17)16-11-5-7-12(8-6-11)19-10-9-15/h5-8H,4,9-10H2,1-3H3,(H,16,17)/t14-/m1/s1. The number of methoxy groups -OCH3 is 1. The van der Waals surface area contributed by atoms with Crippen molar-refractivity contribution in [3.63, 3.8) is 0 Å². The molecule has 0 bridgehead atoms. The fraction of sp³-hybridized carbons (Fsp3) is 0.500. The number of halogens is 1. The maximum absolute atomic E-state index is 12.1. The van der Waals surface area contributed by atoms with Gasteiger partial charge in [0.05, 0.1) is 6.61 Å². The van der Waals surface area contributed by atoms with Crippen molar-refractivity contribution in [2.24, 2.45) is 0 Å². The van der Waals surface area contributed by atoms with Crippen molar-refractivity contribution in [3.05, 3.63) is 24.3 Å². The van der Waals surface area contributed by atoms with E-state index in [1.807, 2.05) is 31.2 Å². The fourth-order valence-corrected chi connectivity index (χ4v) is 1.61. The zero-order valence-corrected chi connectivity index (χ0v) is 13.1. The van der Waals surface area contributed by atoms with Crippen LogP contribution in [0.5, 0.6) is 5.75 Å². The van der Waals surface area contributed by atoms with Gasteiger partial charge < -0.3 is 14.8 Å². The average molecular weight is 330 g/mol. The summed E-state index contributed by atoms with van der Waals surface area (Å²) >= 11 is 3.30. The number of amides is 1. The molecule has 4 nitrogen and oxygen atoms in total. The van der Waals surface area contributed by atoms with E-state index in [2.05, 4.69) is 21.2 Å². The quantitative estimate of drug-likeness (QED) is 0.781. The van der Waals surface area contributed by atoms with E-state index in [-0.39, 0.29) is 5.91 Å². The number of anilines is 1. The molecule has 1 aromatic carbocycles. The van der Waals surface area contributed by atoms with Crippen molar-refractivity contribution < 1.29 is 14.3 Å². The molecule has 0 aliphatic carbocycles. The molecule has 0 radical (unpaired) electrons. The van der Waals surface area contributed by atoms with E-state index >= 15 is 0 Å². The summed E-state index contributed by atoms with van der Waals surface area (Å²) in [6.07, 6.45) is 0.613.